The predicted octanol–water partition coefficient (Wildman–Crippen LogP) is 1.68. The van der Waals surface area contributed by atoms with E-state index in [1.165, 1.54) is 12.8 Å². The first-order valence-electron chi connectivity index (χ1n) is 6.75. The van der Waals surface area contributed by atoms with Gasteiger partial charge in [-0.2, -0.15) is 5.10 Å². The Hall–Kier alpha value is -0.580. The molecule has 0 radical (unpaired) electrons. The van der Waals surface area contributed by atoms with Crippen LogP contribution in [0.2, 0.25) is 5.02 Å². The van der Waals surface area contributed by atoms with Gasteiger partial charge in [0.05, 0.1) is 22.5 Å². The van der Waals surface area contributed by atoms with Crippen LogP contribution in [-0.4, -0.2) is 33.6 Å². The second-order valence-corrected chi connectivity index (χ2v) is 5.39. The number of aliphatic hydroxyl groups excluding tert-OH is 1. The SMILES string of the molecule is CCc1nn(C)c(CC(O)C2CCCCN2)c1Cl. The molecule has 2 N–H and O–H groups in total. The molecule has 1 aromatic rings. The summed E-state index contributed by atoms with van der Waals surface area (Å²) in [5, 5.41) is 18.8. The first-order chi connectivity index (χ1) is 8.63. The molecule has 2 atom stereocenters. The first-order valence-corrected chi connectivity index (χ1v) is 7.13. The van der Waals surface area contributed by atoms with Crippen molar-refractivity contribution in [2.75, 3.05) is 6.54 Å². The van der Waals surface area contributed by atoms with Crippen molar-refractivity contribution in [2.24, 2.45) is 7.05 Å². The van der Waals surface area contributed by atoms with Crippen LogP contribution in [0.3, 0.4) is 0 Å². The Morgan fingerprint density at radius 3 is 2.89 bits per heavy atom. The van der Waals surface area contributed by atoms with Gasteiger partial charge in [0.25, 0.3) is 0 Å². The quantitative estimate of drug-likeness (QED) is 0.876. The highest BCUT2D eigenvalue weighted by Crippen LogP contribution is 2.23. The van der Waals surface area contributed by atoms with Crippen molar-refractivity contribution in [3.63, 3.8) is 0 Å². The molecule has 18 heavy (non-hydrogen) atoms. The Labute approximate surface area is 113 Å². The maximum Gasteiger partial charge on any atom is 0.0850 e. The van der Waals surface area contributed by atoms with E-state index in [9.17, 15) is 5.11 Å². The lowest BCUT2D eigenvalue weighted by Gasteiger charge is -2.28. The zero-order chi connectivity index (χ0) is 13.1. The van der Waals surface area contributed by atoms with Crippen LogP contribution in [-0.2, 0) is 19.9 Å². The zero-order valence-corrected chi connectivity index (χ0v) is 11.9. The second kappa shape index (κ2) is 6.04. The summed E-state index contributed by atoms with van der Waals surface area (Å²) >= 11 is 6.30. The topological polar surface area (TPSA) is 50.1 Å². The Morgan fingerprint density at radius 2 is 2.33 bits per heavy atom. The van der Waals surface area contributed by atoms with Gasteiger partial charge in [0.2, 0.25) is 0 Å². The van der Waals surface area contributed by atoms with E-state index < -0.39 is 0 Å². The van der Waals surface area contributed by atoms with Crippen molar-refractivity contribution in [1.29, 1.82) is 0 Å². The second-order valence-electron chi connectivity index (χ2n) is 5.01. The molecule has 0 aromatic carbocycles. The Bertz CT molecular complexity index is 399. The summed E-state index contributed by atoms with van der Waals surface area (Å²) in [6, 6.07) is 0.190. The number of aromatic nitrogens is 2. The molecule has 1 aliphatic heterocycles. The molecule has 102 valence electrons. The van der Waals surface area contributed by atoms with Crippen molar-refractivity contribution in [3.8, 4) is 0 Å². The average molecular weight is 272 g/mol. The third kappa shape index (κ3) is 2.87. The zero-order valence-electron chi connectivity index (χ0n) is 11.1. The lowest BCUT2D eigenvalue weighted by atomic mass is 9.97. The molecule has 1 aromatic heterocycles. The maximum atomic E-state index is 10.3. The molecular weight excluding hydrogens is 250 g/mol. The molecule has 0 aliphatic carbocycles. The third-order valence-electron chi connectivity index (χ3n) is 3.72. The van der Waals surface area contributed by atoms with E-state index in [0.29, 0.717) is 6.42 Å². The van der Waals surface area contributed by atoms with Crippen molar-refractivity contribution >= 4 is 11.6 Å². The fourth-order valence-corrected chi connectivity index (χ4v) is 2.96. The highest BCUT2D eigenvalue weighted by molar-refractivity contribution is 6.31. The van der Waals surface area contributed by atoms with Gasteiger partial charge in [0, 0.05) is 19.5 Å². The summed E-state index contributed by atoms with van der Waals surface area (Å²) in [6.45, 7) is 3.04. The van der Waals surface area contributed by atoms with Crippen LogP contribution in [0.15, 0.2) is 0 Å². The highest BCUT2D eigenvalue weighted by atomic mass is 35.5. The minimum absolute atomic E-state index is 0.190. The molecule has 0 bridgehead atoms. The molecule has 1 fully saturated rings. The van der Waals surface area contributed by atoms with Gasteiger partial charge in [-0.25, -0.2) is 0 Å². The molecule has 2 rings (SSSR count). The summed E-state index contributed by atoms with van der Waals surface area (Å²) in [5.41, 5.74) is 1.85. The molecule has 2 heterocycles. The van der Waals surface area contributed by atoms with Gasteiger partial charge in [0.1, 0.15) is 0 Å². The van der Waals surface area contributed by atoms with Crippen molar-refractivity contribution < 1.29 is 5.11 Å². The van der Waals surface area contributed by atoms with Crippen LogP contribution in [0.1, 0.15) is 37.6 Å². The van der Waals surface area contributed by atoms with Gasteiger partial charge >= 0.3 is 0 Å². The molecule has 1 saturated heterocycles. The van der Waals surface area contributed by atoms with E-state index in [0.717, 1.165) is 35.8 Å². The number of halogens is 1. The van der Waals surface area contributed by atoms with Crippen molar-refractivity contribution in [3.05, 3.63) is 16.4 Å². The molecule has 5 heteroatoms. The summed E-state index contributed by atoms with van der Waals surface area (Å²) in [4.78, 5) is 0. The number of aryl methyl sites for hydroxylation is 2. The average Bonchev–Trinajstić information content (AvgIpc) is 2.67. The number of piperidine rings is 1. The molecule has 4 nitrogen and oxygen atoms in total. The molecule has 1 aliphatic rings. The standard InChI is InChI=1S/C13H22ClN3O/c1-3-9-13(14)11(17(2)16-9)8-12(18)10-6-4-5-7-15-10/h10,12,15,18H,3-8H2,1-2H3. The number of rotatable bonds is 4. The van der Waals surface area contributed by atoms with E-state index in [1.807, 2.05) is 14.0 Å². The molecule has 2 unspecified atom stereocenters. The molecule has 0 spiro atoms. The van der Waals surface area contributed by atoms with Crippen LogP contribution in [0.5, 0.6) is 0 Å². The van der Waals surface area contributed by atoms with Crippen molar-refractivity contribution in [1.82, 2.24) is 15.1 Å². The fourth-order valence-electron chi connectivity index (χ4n) is 2.59. The Kier molecular flexibility index (Phi) is 4.65. The van der Waals surface area contributed by atoms with Gasteiger partial charge in [-0.3, -0.25) is 4.68 Å². The van der Waals surface area contributed by atoms with Crippen LogP contribution in [0.4, 0.5) is 0 Å². The number of hydrogen-bond acceptors (Lipinski definition) is 3. The molecular formula is C13H22ClN3O. The first kappa shape index (κ1) is 13.8. The Morgan fingerprint density at radius 1 is 1.56 bits per heavy atom. The van der Waals surface area contributed by atoms with Crippen molar-refractivity contribution in [2.45, 2.75) is 51.2 Å². The Balaban J connectivity index is 2.06. The predicted molar refractivity (Wildman–Crippen MR) is 72.9 cm³/mol. The number of nitrogens with one attached hydrogen (secondary N) is 1. The van der Waals surface area contributed by atoms with Gasteiger partial charge in [-0.15, -0.1) is 0 Å². The fraction of sp³-hybridized carbons (Fsp3) is 0.769. The summed E-state index contributed by atoms with van der Waals surface area (Å²) in [7, 11) is 1.89. The van der Waals surface area contributed by atoms with Gasteiger partial charge in [-0.05, 0) is 25.8 Å². The van der Waals surface area contributed by atoms with E-state index in [1.54, 1.807) is 4.68 Å². The van der Waals surface area contributed by atoms with E-state index >= 15 is 0 Å². The normalized spacial score (nSPS) is 22.1. The number of hydrogen-bond donors (Lipinski definition) is 2. The lowest BCUT2D eigenvalue weighted by Crippen LogP contribution is -2.44. The molecule has 0 amide bonds. The summed E-state index contributed by atoms with van der Waals surface area (Å²) < 4.78 is 1.80. The van der Waals surface area contributed by atoms with Gasteiger partial charge in [-0.1, -0.05) is 24.9 Å². The highest BCUT2D eigenvalue weighted by Gasteiger charge is 2.24. The number of nitrogens with zero attached hydrogens (tertiary/aromatic N) is 2. The lowest BCUT2D eigenvalue weighted by molar-refractivity contribution is 0.111. The number of aliphatic hydroxyl groups is 1. The van der Waals surface area contributed by atoms with Crippen LogP contribution in [0.25, 0.3) is 0 Å². The van der Waals surface area contributed by atoms with Gasteiger partial charge < -0.3 is 10.4 Å². The third-order valence-corrected chi connectivity index (χ3v) is 4.15. The van der Waals surface area contributed by atoms with E-state index in [-0.39, 0.29) is 12.1 Å². The van der Waals surface area contributed by atoms with E-state index in [4.69, 9.17) is 11.6 Å². The van der Waals surface area contributed by atoms with Crippen LogP contribution in [0, 0.1) is 0 Å². The minimum Gasteiger partial charge on any atom is -0.391 e. The monoisotopic (exact) mass is 271 g/mol. The smallest absolute Gasteiger partial charge is 0.0850 e. The largest absolute Gasteiger partial charge is 0.391 e. The molecule has 0 saturated carbocycles. The van der Waals surface area contributed by atoms with Crippen LogP contribution < -0.4 is 5.32 Å². The minimum atomic E-state index is -0.386. The van der Waals surface area contributed by atoms with Gasteiger partial charge in [0.15, 0.2) is 0 Å². The summed E-state index contributed by atoms with van der Waals surface area (Å²) in [6.07, 6.45) is 4.44. The van der Waals surface area contributed by atoms with Crippen LogP contribution >= 0.6 is 11.6 Å². The maximum absolute atomic E-state index is 10.3. The summed E-state index contributed by atoms with van der Waals surface area (Å²) in [5.74, 6) is 0. The van der Waals surface area contributed by atoms with E-state index in [2.05, 4.69) is 10.4 Å².